The van der Waals surface area contributed by atoms with Gasteiger partial charge >= 0.3 is 0 Å². The Labute approximate surface area is 95.1 Å². The molecule has 1 aromatic carbocycles. The molecule has 0 N–H and O–H groups in total. The summed E-state index contributed by atoms with van der Waals surface area (Å²) >= 11 is 0. The van der Waals surface area contributed by atoms with E-state index in [1.807, 2.05) is 7.05 Å². The zero-order valence-electron chi connectivity index (χ0n) is 9.61. The molecule has 0 radical (unpaired) electrons. The number of rotatable bonds is 1. The molecule has 1 aromatic rings. The lowest BCUT2D eigenvalue weighted by atomic mass is 9.86. The quantitative estimate of drug-likeness (QED) is 0.714. The van der Waals surface area contributed by atoms with Crippen molar-refractivity contribution >= 4 is 5.91 Å². The third kappa shape index (κ3) is 1.94. The molecule has 86 valence electrons. The fourth-order valence-corrected chi connectivity index (χ4v) is 2.43. The highest BCUT2D eigenvalue weighted by molar-refractivity contribution is 5.77. The monoisotopic (exact) mass is 221 g/mol. The first-order valence-electron chi connectivity index (χ1n) is 5.60. The minimum atomic E-state index is -0.235. The number of nitrogens with zero attached hydrogens (tertiary/aromatic N) is 1. The van der Waals surface area contributed by atoms with Gasteiger partial charge in [-0.2, -0.15) is 0 Å². The average Bonchev–Trinajstić information content (AvgIpc) is 2.27. The fraction of sp³-hybridized carbons (Fsp3) is 0.462. The molecule has 0 aliphatic carbocycles. The number of hydrogen-bond acceptors (Lipinski definition) is 1. The minimum absolute atomic E-state index is 0.0850. The largest absolute Gasteiger partial charge is 0.338 e. The summed E-state index contributed by atoms with van der Waals surface area (Å²) in [5.74, 6) is 0.363. The lowest BCUT2D eigenvalue weighted by molar-refractivity contribution is -0.136. The van der Waals surface area contributed by atoms with Crippen molar-refractivity contribution in [1.29, 1.82) is 0 Å². The molecule has 1 aliphatic rings. The normalized spacial score (nSPS) is 25.9. The maximum absolute atomic E-state index is 12.8. The predicted molar refractivity (Wildman–Crippen MR) is 60.3 cm³/mol. The molecule has 2 atom stereocenters. The summed E-state index contributed by atoms with van der Waals surface area (Å²) in [6.45, 7) is 2.14. The van der Waals surface area contributed by atoms with Crippen LogP contribution in [0.25, 0.3) is 0 Å². The summed E-state index contributed by atoms with van der Waals surface area (Å²) in [6, 6.07) is 6.53. The van der Waals surface area contributed by atoms with Gasteiger partial charge in [0.05, 0.1) is 6.04 Å². The third-order valence-electron chi connectivity index (χ3n) is 3.37. The number of carbonyl (C=O) groups excluding carboxylic acids is 1. The standard InChI is InChI=1S/C13H16FNO/c1-9-3-8-12(16)15(2)13(9)10-4-6-11(14)7-5-10/h4-7,9,13H,3,8H2,1-2H3/t9-,13?/m0/s1. The van der Waals surface area contributed by atoms with Crippen LogP contribution in [0.4, 0.5) is 4.39 Å². The molecule has 1 heterocycles. The van der Waals surface area contributed by atoms with Crippen LogP contribution in [-0.4, -0.2) is 17.9 Å². The summed E-state index contributed by atoms with van der Waals surface area (Å²) in [5.41, 5.74) is 1.02. The molecule has 1 aliphatic heterocycles. The number of piperidine rings is 1. The molecule has 1 fully saturated rings. The highest BCUT2D eigenvalue weighted by atomic mass is 19.1. The van der Waals surface area contributed by atoms with Gasteiger partial charge in [-0.3, -0.25) is 4.79 Å². The molecule has 0 saturated carbocycles. The maximum Gasteiger partial charge on any atom is 0.222 e. The molecule has 1 amide bonds. The summed E-state index contributed by atoms with van der Waals surface area (Å²) in [5, 5.41) is 0. The molecule has 3 heteroatoms. The summed E-state index contributed by atoms with van der Waals surface area (Å²) < 4.78 is 12.8. The third-order valence-corrected chi connectivity index (χ3v) is 3.37. The Morgan fingerprint density at radius 3 is 2.56 bits per heavy atom. The van der Waals surface area contributed by atoms with E-state index in [1.54, 1.807) is 17.0 Å². The van der Waals surface area contributed by atoms with Crippen LogP contribution in [0.5, 0.6) is 0 Å². The van der Waals surface area contributed by atoms with E-state index in [0.717, 1.165) is 12.0 Å². The van der Waals surface area contributed by atoms with Crippen LogP contribution in [0.3, 0.4) is 0 Å². The first-order chi connectivity index (χ1) is 7.59. The lowest BCUT2D eigenvalue weighted by Gasteiger charge is -2.37. The van der Waals surface area contributed by atoms with Crippen molar-refractivity contribution in [1.82, 2.24) is 4.90 Å². The number of benzene rings is 1. The molecule has 1 unspecified atom stereocenters. The van der Waals surface area contributed by atoms with Crippen molar-refractivity contribution in [3.63, 3.8) is 0 Å². The molecule has 2 rings (SSSR count). The Bertz CT molecular complexity index is 387. The van der Waals surface area contributed by atoms with Gasteiger partial charge in [-0.1, -0.05) is 19.1 Å². The highest BCUT2D eigenvalue weighted by Gasteiger charge is 2.31. The number of likely N-dealkylation sites (tertiary alicyclic amines) is 1. The second-order valence-corrected chi connectivity index (χ2v) is 4.52. The topological polar surface area (TPSA) is 20.3 Å². The number of halogens is 1. The molecule has 16 heavy (non-hydrogen) atoms. The second kappa shape index (κ2) is 4.24. The van der Waals surface area contributed by atoms with Gasteiger partial charge in [0.25, 0.3) is 0 Å². The Morgan fingerprint density at radius 2 is 1.94 bits per heavy atom. The fourth-order valence-electron chi connectivity index (χ4n) is 2.43. The van der Waals surface area contributed by atoms with Gasteiger partial charge in [-0.15, -0.1) is 0 Å². The Hall–Kier alpha value is -1.38. The van der Waals surface area contributed by atoms with Crippen LogP contribution >= 0.6 is 0 Å². The number of hydrogen-bond donors (Lipinski definition) is 0. The van der Waals surface area contributed by atoms with E-state index >= 15 is 0 Å². The van der Waals surface area contributed by atoms with Crippen LogP contribution < -0.4 is 0 Å². The number of carbonyl (C=O) groups is 1. The molecule has 0 spiro atoms. The SMILES string of the molecule is C[C@H]1CCC(=O)N(C)C1c1ccc(F)cc1. The van der Waals surface area contributed by atoms with Crippen LogP contribution in [-0.2, 0) is 4.79 Å². The van der Waals surface area contributed by atoms with Crippen molar-refractivity contribution < 1.29 is 9.18 Å². The summed E-state index contributed by atoms with van der Waals surface area (Å²) in [4.78, 5) is 13.4. The van der Waals surface area contributed by atoms with E-state index in [1.165, 1.54) is 12.1 Å². The van der Waals surface area contributed by atoms with Crippen molar-refractivity contribution in [3.05, 3.63) is 35.6 Å². The molecule has 1 saturated heterocycles. The van der Waals surface area contributed by atoms with E-state index in [-0.39, 0.29) is 17.8 Å². The smallest absolute Gasteiger partial charge is 0.222 e. The van der Waals surface area contributed by atoms with Gasteiger partial charge in [0.15, 0.2) is 0 Å². The van der Waals surface area contributed by atoms with Crippen molar-refractivity contribution in [3.8, 4) is 0 Å². The molecular formula is C13H16FNO. The van der Waals surface area contributed by atoms with Crippen molar-refractivity contribution in [2.45, 2.75) is 25.8 Å². The zero-order chi connectivity index (χ0) is 11.7. The van der Waals surface area contributed by atoms with Gasteiger partial charge in [0, 0.05) is 13.5 Å². The van der Waals surface area contributed by atoms with Crippen LogP contribution in [0.1, 0.15) is 31.4 Å². The van der Waals surface area contributed by atoms with E-state index < -0.39 is 0 Å². The molecule has 0 bridgehead atoms. The van der Waals surface area contributed by atoms with E-state index in [2.05, 4.69) is 6.92 Å². The van der Waals surface area contributed by atoms with Crippen molar-refractivity contribution in [2.75, 3.05) is 7.05 Å². The number of amides is 1. The molecular weight excluding hydrogens is 205 g/mol. The maximum atomic E-state index is 12.8. The van der Waals surface area contributed by atoms with Crippen LogP contribution in [0, 0.1) is 11.7 Å². The molecule has 0 aromatic heterocycles. The average molecular weight is 221 g/mol. The molecule has 2 nitrogen and oxygen atoms in total. The lowest BCUT2D eigenvalue weighted by Crippen LogP contribution is -2.39. The van der Waals surface area contributed by atoms with Crippen molar-refractivity contribution in [2.24, 2.45) is 5.92 Å². The van der Waals surface area contributed by atoms with E-state index in [0.29, 0.717) is 12.3 Å². The summed E-state index contributed by atoms with van der Waals surface area (Å²) in [6.07, 6.45) is 1.53. The van der Waals surface area contributed by atoms with E-state index in [9.17, 15) is 9.18 Å². The van der Waals surface area contributed by atoms with Gasteiger partial charge < -0.3 is 4.90 Å². The first kappa shape index (κ1) is 11.1. The zero-order valence-corrected chi connectivity index (χ0v) is 9.61. The Balaban J connectivity index is 2.29. The van der Waals surface area contributed by atoms with E-state index in [4.69, 9.17) is 0 Å². The highest BCUT2D eigenvalue weighted by Crippen LogP contribution is 2.35. The first-order valence-corrected chi connectivity index (χ1v) is 5.60. The van der Waals surface area contributed by atoms with Gasteiger partial charge in [0.2, 0.25) is 5.91 Å². The van der Waals surface area contributed by atoms with Crippen LogP contribution in [0.2, 0.25) is 0 Å². The minimum Gasteiger partial charge on any atom is -0.338 e. The summed E-state index contributed by atoms with van der Waals surface area (Å²) in [7, 11) is 1.83. The predicted octanol–water partition coefficient (Wildman–Crippen LogP) is 2.76. The van der Waals surface area contributed by atoms with Gasteiger partial charge in [0.1, 0.15) is 5.82 Å². The second-order valence-electron chi connectivity index (χ2n) is 4.52. The Morgan fingerprint density at radius 1 is 1.31 bits per heavy atom. The Kier molecular flexibility index (Phi) is 2.95. The van der Waals surface area contributed by atoms with Gasteiger partial charge in [-0.25, -0.2) is 4.39 Å². The van der Waals surface area contributed by atoms with Gasteiger partial charge in [-0.05, 0) is 30.0 Å². The van der Waals surface area contributed by atoms with Crippen LogP contribution in [0.15, 0.2) is 24.3 Å².